The Morgan fingerprint density at radius 1 is 1.22 bits per heavy atom. The summed E-state index contributed by atoms with van der Waals surface area (Å²) in [5.41, 5.74) is 3.04. The second kappa shape index (κ2) is 4.98. The lowest BCUT2D eigenvalue weighted by molar-refractivity contribution is 0.415. The highest BCUT2D eigenvalue weighted by molar-refractivity contribution is 5.82. The summed E-state index contributed by atoms with van der Waals surface area (Å²) in [7, 11) is 1.60. The number of benzene rings is 1. The molecule has 0 atom stereocenters. The van der Waals surface area contributed by atoms with Gasteiger partial charge in [-0.2, -0.15) is 0 Å². The van der Waals surface area contributed by atoms with Crippen LogP contribution < -0.4 is 10.4 Å². The molecule has 114 valence electrons. The standard InChI is InChI=1S/C18H14N2O3/c1-11-4-3-7-20-10-15(19-17(11)20)14-9-12-8-13(22-2)5-6-16(12)23-18(14)21/h3-10H,1-2H3. The Hall–Kier alpha value is -3.08. The summed E-state index contributed by atoms with van der Waals surface area (Å²) in [5.74, 6) is 0.711. The SMILES string of the molecule is COc1ccc2oc(=O)c(-c3cn4cccc(C)c4n3)cc2c1. The summed E-state index contributed by atoms with van der Waals surface area (Å²) >= 11 is 0. The molecule has 0 fully saturated rings. The van der Waals surface area contributed by atoms with Gasteiger partial charge in [0.05, 0.1) is 18.4 Å². The van der Waals surface area contributed by atoms with Gasteiger partial charge in [0.1, 0.15) is 17.0 Å². The number of ether oxygens (including phenoxy) is 1. The zero-order valence-electron chi connectivity index (χ0n) is 12.7. The Kier molecular flexibility index (Phi) is 2.94. The topological polar surface area (TPSA) is 56.7 Å². The van der Waals surface area contributed by atoms with Crippen molar-refractivity contribution in [2.24, 2.45) is 0 Å². The fourth-order valence-electron chi connectivity index (χ4n) is 2.69. The first kappa shape index (κ1) is 13.6. The third-order valence-corrected chi connectivity index (χ3v) is 3.89. The Morgan fingerprint density at radius 2 is 2.09 bits per heavy atom. The third-order valence-electron chi connectivity index (χ3n) is 3.89. The molecule has 0 aliphatic carbocycles. The molecule has 3 aromatic heterocycles. The molecule has 0 N–H and O–H groups in total. The highest BCUT2D eigenvalue weighted by atomic mass is 16.5. The van der Waals surface area contributed by atoms with Crippen molar-refractivity contribution < 1.29 is 9.15 Å². The summed E-state index contributed by atoms with van der Waals surface area (Å²) in [5, 5.41) is 0.799. The van der Waals surface area contributed by atoms with E-state index in [1.165, 1.54) is 0 Å². The maximum absolute atomic E-state index is 12.3. The van der Waals surface area contributed by atoms with Crippen molar-refractivity contribution in [1.82, 2.24) is 9.38 Å². The molecular weight excluding hydrogens is 292 g/mol. The number of hydrogen-bond donors (Lipinski definition) is 0. The molecule has 0 bridgehead atoms. The largest absolute Gasteiger partial charge is 0.497 e. The second-order valence-electron chi connectivity index (χ2n) is 5.40. The van der Waals surface area contributed by atoms with Crippen LogP contribution >= 0.6 is 0 Å². The van der Waals surface area contributed by atoms with Crippen LogP contribution in [0.2, 0.25) is 0 Å². The molecule has 0 spiro atoms. The summed E-state index contributed by atoms with van der Waals surface area (Å²) in [4.78, 5) is 16.9. The molecule has 0 saturated heterocycles. The monoisotopic (exact) mass is 306 g/mol. The number of fused-ring (bicyclic) bond motifs is 2. The van der Waals surface area contributed by atoms with Crippen molar-refractivity contribution in [1.29, 1.82) is 0 Å². The summed E-state index contributed by atoms with van der Waals surface area (Å²) in [6, 6.07) is 11.1. The van der Waals surface area contributed by atoms with Crippen molar-refractivity contribution in [2.75, 3.05) is 7.11 Å². The zero-order valence-corrected chi connectivity index (χ0v) is 12.7. The molecule has 0 aliphatic rings. The zero-order chi connectivity index (χ0) is 16.0. The molecule has 5 nitrogen and oxygen atoms in total. The quantitative estimate of drug-likeness (QED) is 0.532. The van der Waals surface area contributed by atoms with E-state index >= 15 is 0 Å². The van der Waals surface area contributed by atoms with Crippen LogP contribution in [0.5, 0.6) is 5.75 Å². The van der Waals surface area contributed by atoms with E-state index in [9.17, 15) is 4.79 Å². The molecule has 4 rings (SSSR count). The molecule has 0 unspecified atom stereocenters. The van der Waals surface area contributed by atoms with Gasteiger partial charge >= 0.3 is 5.63 Å². The van der Waals surface area contributed by atoms with Crippen molar-refractivity contribution in [3.63, 3.8) is 0 Å². The lowest BCUT2D eigenvalue weighted by Crippen LogP contribution is -2.02. The minimum Gasteiger partial charge on any atom is -0.497 e. The van der Waals surface area contributed by atoms with Gasteiger partial charge in [0.15, 0.2) is 0 Å². The van der Waals surface area contributed by atoms with Gasteiger partial charge in [0.25, 0.3) is 0 Å². The summed E-state index contributed by atoms with van der Waals surface area (Å²) in [6.45, 7) is 1.99. The van der Waals surface area contributed by atoms with E-state index in [0.29, 0.717) is 22.6 Å². The number of pyridine rings is 1. The van der Waals surface area contributed by atoms with Crippen LogP contribution in [0.1, 0.15) is 5.56 Å². The molecule has 23 heavy (non-hydrogen) atoms. The van der Waals surface area contributed by atoms with Crippen LogP contribution in [0, 0.1) is 6.92 Å². The van der Waals surface area contributed by atoms with Gasteiger partial charge < -0.3 is 13.6 Å². The normalized spacial score (nSPS) is 11.2. The number of imidazole rings is 1. The summed E-state index contributed by atoms with van der Waals surface area (Å²) in [6.07, 6.45) is 3.74. The Morgan fingerprint density at radius 3 is 2.87 bits per heavy atom. The van der Waals surface area contributed by atoms with Gasteiger partial charge in [-0.05, 0) is 42.8 Å². The Labute approximate surface area is 131 Å². The molecule has 0 saturated carbocycles. The molecule has 1 aromatic carbocycles. The average molecular weight is 306 g/mol. The van der Waals surface area contributed by atoms with Gasteiger partial charge in [-0.1, -0.05) is 6.07 Å². The van der Waals surface area contributed by atoms with E-state index in [1.54, 1.807) is 25.3 Å². The van der Waals surface area contributed by atoms with E-state index in [0.717, 1.165) is 16.6 Å². The Bertz CT molecular complexity index is 1090. The number of hydrogen-bond acceptors (Lipinski definition) is 4. The predicted octanol–water partition coefficient (Wildman–Crippen LogP) is 3.42. The van der Waals surface area contributed by atoms with Gasteiger partial charge in [0, 0.05) is 17.8 Å². The van der Waals surface area contributed by atoms with Crippen molar-refractivity contribution in [2.45, 2.75) is 6.92 Å². The smallest absolute Gasteiger partial charge is 0.345 e. The first-order valence-corrected chi connectivity index (χ1v) is 7.22. The molecule has 0 radical (unpaired) electrons. The van der Waals surface area contributed by atoms with E-state index in [1.807, 2.05) is 41.9 Å². The van der Waals surface area contributed by atoms with Crippen molar-refractivity contribution in [3.8, 4) is 17.0 Å². The minimum atomic E-state index is -0.399. The lowest BCUT2D eigenvalue weighted by Gasteiger charge is -2.02. The fourth-order valence-corrected chi connectivity index (χ4v) is 2.69. The number of aryl methyl sites for hydroxylation is 1. The van der Waals surface area contributed by atoms with E-state index in [-0.39, 0.29) is 0 Å². The number of methoxy groups -OCH3 is 1. The third kappa shape index (κ3) is 2.17. The maximum atomic E-state index is 12.3. The molecule has 4 aromatic rings. The predicted molar refractivity (Wildman–Crippen MR) is 88.0 cm³/mol. The van der Waals surface area contributed by atoms with Gasteiger partial charge in [-0.25, -0.2) is 9.78 Å². The minimum absolute atomic E-state index is 0.399. The number of rotatable bonds is 2. The number of nitrogens with zero attached hydrogens (tertiary/aromatic N) is 2. The molecule has 0 amide bonds. The van der Waals surface area contributed by atoms with Crippen LogP contribution in [0.4, 0.5) is 0 Å². The molecule has 0 aliphatic heterocycles. The van der Waals surface area contributed by atoms with E-state index < -0.39 is 5.63 Å². The van der Waals surface area contributed by atoms with E-state index in [2.05, 4.69) is 4.98 Å². The second-order valence-corrected chi connectivity index (χ2v) is 5.40. The summed E-state index contributed by atoms with van der Waals surface area (Å²) < 4.78 is 12.5. The average Bonchev–Trinajstić information content (AvgIpc) is 2.99. The van der Waals surface area contributed by atoms with Crippen molar-refractivity contribution in [3.05, 3.63) is 64.8 Å². The van der Waals surface area contributed by atoms with Gasteiger partial charge in [-0.3, -0.25) is 0 Å². The van der Waals surface area contributed by atoms with Crippen molar-refractivity contribution >= 4 is 16.6 Å². The first-order valence-electron chi connectivity index (χ1n) is 7.22. The van der Waals surface area contributed by atoms with Crippen LogP contribution in [0.15, 0.2) is 58.0 Å². The van der Waals surface area contributed by atoms with E-state index in [4.69, 9.17) is 9.15 Å². The highest BCUT2D eigenvalue weighted by Crippen LogP contribution is 2.24. The highest BCUT2D eigenvalue weighted by Gasteiger charge is 2.12. The van der Waals surface area contributed by atoms with Gasteiger partial charge in [0.2, 0.25) is 0 Å². The fraction of sp³-hybridized carbons (Fsp3) is 0.111. The maximum Gasteiger partial charge on any atom is 0.345 e. The lowest BCUT2D eigenvalue weighted by atomic mass is 10.1. The molecule has 5 heteroatoms. The van der Waals surface area contributed by atoms with Crippen LogP contribution in [-0.4, -0.2) is 16.5 Å². The number of aromatic nitrogens is 2. The van der Waals surface area contributed by atoms with Gasteiger partial charge in [-0.15, -0.1) is 0 Å². The van der Waals surface area contributed by atoms with Crippen LogP contribution in [0.3, 0.4) is 0 Å². The first-order chi connectivity index (χ1) is 11.2. The Balaban J connectivity index is 1.97. The van der Waals surface area contributed by atoms with Crippen LogP contribution in [-0.2, 0) is 0 Å². The molecular formula is C18H14N2O3. The van der Waals surface area contributed by atoms with Crippen LogP contribution in [0.25, 0.3) is 27.9 Å². The molecule has 3 heterocycles.